The molecule has 1 aromatic heterocycles. The van der Waals surface area contributed by atoms with Crippen molar-refractivity contribution in [2.45, 2.75) is 64.6 Å². The van der Waals surface area contributed by atoms with E-state index < -0.39 is 5.60 Å². The van der Waals surface area contributed by atoms with Gasteiger partial charge in [-0.05, 0) is 38.6 Å². The molecule has 2 aliphatic heterocycles. The first-order valence-electron chi connectivity index (χ1n) is 8.81. The summed E-state index contributed by atoms with van der Waals surface area (Å²) < 4.78 is 11.1. The van der Waals surface area contributed by atoms with Gasteiger partial charge in [0.05, 0.1) is 18.8 Å². The van der Waals surface area contributed by atoms with E-state index in [-0.39, 0.29) is 5.92 Å². The second-order valence-corrected chi connectivity index (χ2v) is 7.67. The lowest BCUT2D eigenvalue weighted by molar-refractivity contribution is -0.124. The minimum atomic E-state index is -0.650. The van der Waals surface area contributed by atoms with Gasteiger partial charge >= 0.3 is 0 Å². The molecule has 3 atom stereocenters. The summed E-state index contributed by atoms with van der Waals surface area (Å²) in [5, 5.41) is 14.8. The standard InChI is InChI=1S/C17H29N3O3/c1-12(2)9-15-18-16(23-19-15)10-20-7-4-5-14(20)13-11-22-8-6-17(13,3)21/h12-14,21H,4-11H2,1-3H3. The van der Waals surface area contributed by atoms with Crippen LogP contribution < -0.4 is 0 Å². The Morgan fingerprint density at radius 2 is 2.26 bits per heavy atom. The van der Waals surface area contributed by atoms with Gasteiger partial charge in [-0.2, -0.15) is 4.98 Å². The van der Waals surface area contributed by atoms with Crippen molar-refractivity contribution in [1.82, 2.24) is 15.0 Å². The highest BCUT2D eigenvalue weighted by molar-refractivity contribution is 4.97. The molecule has 0 aliphatic carbocycles. The Morgan fingerprint density at radius 3 is 3.00 bits per heavy atom. The van der Waals surface area contributed by atoms with Crippen molar-refractivity contribution >= 4 is 0 Å². The zero-order valence-electron chi connectivity index (χ0n) is 14.5. The van der Waals surface area contributed by atoms with E-state index in [1.807, 2.05) is 6.92 Å². The highest BCUT2D eigenvalue weighted by Gasteiger charge is 2.44. The van der Waals surface area contributed by atoms with Crippen molar-refractivity contribution in [2.75, 3.05) is 19.8 Å². The van der Waals surface area contributed by atoms with Crippen LogP contribution in [0.25, 0.3) is 0 Å². The number of aliphatic hydroxyl groups is 1. The Hall–Kier alpha value is -0.980. The average Bonchev–Trinajstić information content (AvgIpc) is 3.08. The molecule has 2 saturated heterocycles. The van der Waals surface area contributed by atoms with Gasteiger partial charge in [0.2, 0.25) is 5.89 Å². The van der Waals surface area contributed by atoms with Crippen molar-refractivity contribution < 1.29 is 14.4 Å². The van der Waals surface area contributed by atoms with Crippen LogP contribution in [0, 0.1) is 11.8 Å². The molecule has 130 valence electrons. The minimum absolute atomic E-state index is 0.150. The molecule has 2 fully saturated rings. The fourth-order valence-electron chi connectivity index (χ4n) is 3.86. The molecule has 3 heterocycles. The third-order valence-corrected chi connectivity index (χ3v) is 5.17. The maximum absolute atomic E-state index is 10.7. The van der Waals surface area contributed by atoms with Crippen molar-refractivity contribution in [3.8, 4) is 0 Å². The molecule has 1 aromatic rings. The molecule has 2 aliphatic rings. The van der Waals surface area contributed by atoms with E-state index >= 15 is 0 Å². The van der Waals surface area contributed by atoms with Gasteiger partial charge in [0.15, 0.2) is 5.82 Å². The number of nitrogens with zero attached hydrogens (tertiary/aromatic N) is 3. The maximum Gasteiger partial charge on any atom is 0.240 e. The summed E-state index contributed by atoms with van der Waals surface area (Å²) in [7, 11) is 0. The summed E-state index contributed by atoms with van der Waals surface area (Å²) in [6.45, 7) is 9.22. The first kappa shape index (κ1) is 16.9. The Bertz CT molecular complexity index is 515. The predicted molar refractivity (Wildman–Crippen MR) is 85.8 cm³/mol. The van der Waals surface area contributed by atoms with E-state index in [9.17, 15) is 5.11 Å². The van der Waals surface area contributed by atoms with E-state index in [0.29, 0.717) is 44.0 Å². The average molecular weight is 323 g/mol. The molecule has 0 bridgehead atoms. The Morgan fingerprint density at radius 1 is 1.43 bits per heavy atom. The molecule has 6 heteroatoms. The van der Waals surface area contributed by atoms with Gasteiger partial charge in [-0.3, -0.25) is 4.90 Å². The van der Waals surface area contributed by atoms with Crippen molar-refractivity contribution in [2.24, 2.45) is 11.8 Å². The van der Waals surface area contributed by atoms with Gasteiger partial charge in [-0.15, -0.1) is 0 Å². The third kappa shape index (κ3) is 3.92. The smallest absolute Gasteiger partial charge is 0.240 e. The van der Waals surface area contributed by atoms with Gasteiger partial charge in [0.25, 0.3) is 0 Å². The zero-order valence-corrected chi connectivity index (χ0v) is 14.5. The first-order valence-corrected chi connectivity index (χ1v) is 8.81. The topological polar surface area (TPSA) is 71.6 Å². The van der Waals surface area contributed by atoms with Gasteiger partial charge in [0, 0.05) is 25.0 Å². The largest absolute Gasteiger partial charge is 0.390 e. The van der Waals surface area contributed by atoms with Crippen LogP contribution in [-0.4, -0.2) is 51.5 Å². The lowest BCUT2D eigenvalue weighted by atomic mass is 9.79. The van der Waals surface area contributed by atoms with Crippen LogP contribution in [0.1, 0.15) is 51.7 Å². The van der Waals surface area contributed by atoms with Crippen LogP contribution >= 0.6 is 0 Å². The molecular weight excluding hydrogens is 294 g/mol. The van der Waals surface area contributed by atoms with Gasteiger partial charge < -0.3 is 14.4 Å². The molecule has 1 N–H and O–H groups in total. The number of hydrogen-bond donors (Lipinski definition) is 1. The van der Waals surface area contributed by atoms with E-state index in [1.54, 1.807) is 0 Å². The predicted octanol–water partition coefficient (Wildman–Crippen LogP) is 2.02. The van der Waals surface area contributed by atoms with Crippen molar-refractivity contribution in [1.29, 1.82) is 0 Å². The second kappa shape index (κ2) is 6.87. The molecule has 0 radical (unpaired) electrons. The number of aromatic nitrogens is 2. The van der Waals surface area contributed by atoms with E-state index in [1.165, 1.54) is 0 Å². The molecule has 0 amide bonds. The Balaban J connectivity index is 1.66. The summed E-state index contributed by atoms with van der Waals surface area (Å²) in [5.74, 6) is 2.15. The fourth-order valence-corrected chi connectivity index (χ4v) is 3.86. The van der Waals surface area contributed by atoms with Gasteiger partial charge in [-0.25, -0.2) is 0 Å². The first-order chi connectivity index (χ1) is 11.0. The normalized spacial score (nSPS) is 32.7. The molecule has 0 aromatic carbocycles. The number of likely N-dealkylation sites (tertiary alicyclic amines) is 1. The van der Waals surface area contributed by atoms with Gasteiger partial charge in [0.1, 0.15) is 0 Å². The zero-order chi connectivity index (χ0) is 16.4. The quantitative estimate of drug-likeness (QED) is 0.894. The van der Waals surface area contributed by atoms with Crippen molar-refractivity contribution in [3.05, 3.63) is 11.7 Å². The van der Waals surface area contributed by atoms with Crippen LogP contribution in [0.5, 0.6) is 0 Å². The molecule has 6 nitrogen and oxygen atoms in total. The molecule has 3 rings (SSSR count). The maximum atomic E-state index is 10.7. The lowest BCUT2D eigenvalue weighted by Crippen LogP contribution is -2.52. The van der Waals surface area contributed by atoms with Gasteiger partial charge in [-0.1, -0.05) is 19.0 Å². The number of hydrogen-bond acceptors (Lipinski definition) is 6. The molecule has 0 saturated carbocycles. The Kier molecular flexibility index (Phi) is 5.04. The van der Waals surface area contributed by atoms with E-state index in [2.05, 4.69) is 28.9 Å². The summed E-state index contributed by atoms with van der Waals surface area (Å²) in [6.07, 6.45) is 3.79. The molecule has 0 spiro atoms. The molecular formula is C17H29N3O3. The fraction of sp³-hybridized carbons (Fsp3) is 0.882. The SMILES string of the molecule is CC(C)Cc1noc(CN2CCCC2C2COCCC2(C)O)n1. The van der Waals surface area contributed by atoms with E-state index in [4.69, 9.17) is 9.26 Å². The molecule has 23 heavy (non-hydrogen) atoms. The summed E-state index contributed by atoms with van der Waals surface area (Å²) in [4.78, 5) is 6.89. The summed E-state index contributed by atoms with van der Waals surface area (Å²) in [5.41, 5.74) is -0.650. The van der Waals surface area contributed by atoms with E-state index in [0.717, 1.165) is 31.6 Å². The summed E-state index contributed by atoms with van der Waals surface area (Å²) >= 11 is 0. The highest BCUT2D eigenvalue weighted by atomic mass is 16.5. The highest BCUT2D eigenvalue weighted by Crippen LogP contribution is 2.36. The van der Waals surface area contributed by atoms with Crippen LogP contribution in [0.3, 0.4) is 0 Å². The lowest BCUT2D eigenvalue weighted by Gasteiger charge is -2.43. The molecule has 3 unspecified atom stereocenters. The Labute approximate surface area is 138 Å². The number of rotatable bonds is 5. The monoisotopic (exact) mass is 323 g/mol. The van der Waals surface area contributed by atoms with Crippen LogP contribution in [0.4, 0.5) is 0 Å². The minimum Gasteiger partial charge on any atom is -0.390 e. The number of ether oxygens (including phenoxy) is 1. The third-order valence-electron chi connectivity index (χ3n) is 5.17. The van der Waals surface area contributed by atoms with Crippen molar-refractivity contribution in [3.63, 3.8) is 0 Å². The van der Waals surface area contributed by atoms with Crippen LogP contribution in [0.2, 0.25) is 0 Å². The summed E-state index contributed by atoms with van der Waals surface area (Å²) in [6, 6.07) is 0.325. The second-order valence-electron chi connectivity index (χ2n) is 7.67. The van der Waals surface area contributed by atoms with Crippen LogP contribution in [0.15, 0.2) is 4.52 Å². The van der Waals surface area contributed by atoms with Crippen LogP contribution in [-0.2, 0) is 17.7 Å².